The van der Waals surface area contributed by atoms with Crippen LogP contribution in [-0.2, 0) is 0 Å². The Hall–Kier alpha value is -0.160. The Kier molecular flexibility index (Phi) is 3.79. The molecule has 4 nitrogen and oxygen atoms in total. The molecule has 0 aromatic carbocycles. The Morgan fingerprint density at radius 1 is 1.18 bits per heavy atom. The summed E-state index contributed by atoms with van der Waals surface area (Å²) >= 11 is 0. The highest BCUT2D eigenvalue weighted by atomic mass is 15.4. The van der Waals surface area contributed by atoms with E-state index in [1.165, 1.54) is 19.6 Å². The van der Waals surface area contributed by atoms with E-state index in [-0.39, 0.29) is 0 Å². The van der Waals surface area contributed by atoms with Gasteiger partial charge in [-0.2, -0.15) is 0 Å². The average Bonchev–Trinajstić information content (AvgIpc) is 2.07. The molecule has 1 rings (SSSR count). The van der Waals surface area contributed by atoms with E-state index in [1.807, 2.05) is 0 Å². The Morgan fingerprint density at radius 3 is 2.18 bits per heavy atom. The van der Waals surface area contributed by atoms with E-state index in [4.69, 9.17) is 5.84 Å². The van der Waals surface area contributed by atoms with Crippen LogP contribution in [0.3, 0.4) is 0 Å². The van der Waals surface area contributed by atoms with Crippen molar-refractivity contribution in [2.45, 2.75) is 6.92 Å². The maximum atomic E-state index is 5.22. The zero-order valence-corrected chi connectivity index (χ0v) is 7.21. The van der Waals surface area contributed by atoms with Crippen LogP contribution < -0.4 is 11.3 Å². The predicted octanol–water partition coefficient (Wildman–Crippen LogP) is -0.955. The highest BCUT2D eigenvalue weighted by molar-refractivity contribution is 4.69. The molecule has 66 valence electrons. The largest absolute Gasteiger partial charge is 0.301 e. The molecule has 0 saturated carbocycles. The minimum Gasteiger partial charge on any atom is -0.301 e. The second kappa shape index (κ2) is 4.66. The van der Waals surface area contributed by atoms with E-state index in [0.29, 0.717) is 0 Å². The molecule has 1 aliphatic heterocycles. The van der Waals surface area contributed by atoms with Crippen molar-refractivity contribution in [1.82, 2.24) is 15.2 Å². The molecular weight excluding hydrogens is 140 g/mol. The monoisotopic (exact) mass is 158 g/mol. The van der Waals surface area contributed by atoms with Crippen molar-refractivity contribution in [2.24, 2.45) is 5.84 Å². The predicted molar refractivity (Wildman–Crippen MR) is 45.9 cm³/mol. The number of likely N-dealkylation sites (N-methyl/N-ethyl adjacent to an activating group) is 1. The number of rotatable bonds is 3. The van der Waals surface area contributed by atoms with Crippen molar-refractivity contribution in [3.8, 4) is 0 Å². The summed E-state index contributed by atoms with van der Waals surface area (Å²) in [4.78, 5) is 4.78. The normalized spacial score (nSPS) is 22.4. The number of hydrogen-bond acceptors (Lipinski definition) is 4. The molecule has 3 N–H and O–H groups in total. The molecule has 0 aromatic heterocycles. The summed E-state index contributed by atoms with van der Waals surface area (Å²) in [7, 11) is 0. The van der Waals surface area contributed by atoms with Crippen molar-refractivity contribution >= 4 is 0 Å². The van der Waals surface area contributed by atoms with Crippen molar-refractivity contribution in [3.05, 3.63) is 0 Å². The lowest BCUT2D eigenvalue weighted by Crippen LogP contribution is -2.50. The first kappa shape index (κ1) is 8.93. The second-order valence-corrected chi connectivity index (χ2v) is 2.91. The fraction of sp³-hybridized carbons (Fsp3) is 1.00. The number of nitrogens with two attached hydrogens (primary N) is 1. The van der Waals surface area contributed by atoms with Gasteiger partial charge in [0.2, 0.25) is 0 Å². The Balaban J connectivity index is 2.14. The van der Waals surface area contributed by atoms with Crippen molar-refractivity contribution in [2.75, 3.05) is 39.4 Å². The number of nitrogens with zero attached hydrogens (tertiary/aromatic N) is 2. The van der Waals surface area contributed by atoms with E-state index in [0.717, 1.165) is 19.8 Å². The smallest absolute Gasteiger partial charge is 0.0613 e. The summed E-state index contributed by atoms with van der Waals surface area (Å²) in [5.74, 6) is 5.22. The molecule has 4 heteroatoms. The molecule has 0 aliphatic carbocycles. The molecule has 11 heavy (non-hydrogen) atoms. The van der Waals surface area contributed by atoms with Gasteiger partial charge in [-0.05, 0) is 6.54 Å². The molecule has 1 aliphatic rings. The summed E-state index contributed by atoms with van der Waals surface area (Å²) in [6, 6.07) is 0. The number of nitrogens with one attached hydrogen (secondary N) is 1. The van der Waals surface area contributed by atoms with Crippen LogP contribution in [0.5, 0.6) is 0 Å². The topological polar surface area (TPSA) is 44.5 Å². The quantitative estimate of drug-likeness (QED) is 0.410. The van der Waals surface area contributed by atoms with Crippen LogP contribution in [0.2, 0.25) is 0 Å². The van der Waals surface area contributed by atoms with Gasteiger partial charge >= 0.3 is 0 Å². The summed E-state index contributed by atoms with van der Waals surface area (Å²) < 4.78 is 0. The molecule has 0 unspecified atom stereocenters. The summed E-state index contributed by atoms with van der Waals surface area (Å²) in [5.41, 5.74) is 2.68. The standard InChI is InChI=1S/C7H18N4/c1-2-10-3-5-11(6-4-10)7-9-8/h9H,2-8H2,1H3. The molecule has 1 saturated heterocycles. The molecule has 0 aromatic rings. The molecule has 0 atom stereocenters. The van der Waals surface area contributed by atoms with Gasteiger partial charge in [-0.1, -0.05) is 6.92 Å². The molecule has 0 radical (unpaired) electrons. The first-order valence-corrected chi connectivity index (χ1v) is 4.25. The van der Waals surface area contributed by atoms with E-state index in [2.05, 4.69) is 22.1 Å². The minimum atomic E-state index is 0.817. The number of hydrogen-bond donors (Lipinski definition) is 2. The lowest BCUT2D eigenvalue weighted by atomic mass is 10.3. The molecule has 1 heterocycles. The van der Waals surface area contributed by atoms with Crippen LogP contribution in [0.1, 0.15) is 6.92 Å². The minimum absolute atomic E-state index is 0.817. The van der Waals surface area contributed by atoms with Crippen molar-refractivity contribution in [1.29, 1.82) is 0 Å². The van der Waals surface area contributed by atoms with Crippen molar-refractivity contribution in [3.63, 3.8) is 0 Å². The Labute approximate surface area is 68.3 Å². The van der Waals surface area contributed by atoms with Crippen molar-refractivity contribution < 1.29 is 0 Å². The van der Waals surface area contributed by atoms with Crippen LogP contribution in [0.4, 0.5) is 0 Å². The lowest BCUT2D eigenvalue weighted by molar-refractivity contribution is 0.130. The maximum Gasteiger partial charge on any atom is 0.0613 e. The Bertz CT molecular complexity index is 98.6. The zero-order valence-electron chi connectivity index (χ0n) is 7.21. The van der Waals surface area contributed by atoms with Gasteiger partial charge < -0.3 is 4.90 Å². The zero-order chi connectivity index (χ0) is 8.10. The third-order valence-corrected chi connectivity index (χ3v) is 2.23. The molecule has 0 bridgehead atoms. The third-order valence-electron chi connectivity index (χ3n) is 2.23. The van der Waals surface area contributed by atoms with Gasteiger partial charge in [0.1, 0.15) is 0 Å². The highest BCUT2D eigenvalue weighted by Gasteiger charge is 2.13. The van der Waals surface area contributed by atoms with Gasteiger partial charge in [-0.15, -0.1) is 0 Å². The Morgan fingerprint density at radius 2 is 1.73 bits per heavy atom. The van der Waals surface area contributed by atoms with E-state index < -0.39 is 0 Å². The summed E-state index contributed by atoms with van der Waals surface area (Å²) in [6.45, 7) is 8.82. The second-order valence-electron chi connectivity index (χ2n) is 2.91. The first-order chi connectivity index (χ1) is 5.36. The van der Waals surface area contributed by atoms with Crippen LogP contribution in [0.15, 0.2) is 0 Å². The van der Waals surface area contributed by atoms with E-state index in [9.17, 15) is 0 Å². The van der Waals surface area contributed by atoms with Gasteiger partial charge in [0.15, 0.2) is 0 Å². The van der Waals surface area contributed by atoms with Gasteiger partial charge in [0.05, 0.1) is 6.67 Å². The van der Waals surface area contributed by atoms with Gasteiger partial charge in [0, 0.05) is 26.2 Å². The third kappa shape index (κ3) is 2.75. The highest BCUT2D eigenvalue weighted by Crippen LogP contribution is 1.98. The summed E-state index contributed by atoms with van der Waals surface area (Å²) in [6.07, 6.45) is 0. The van der Waals surface area contributed by atoms with E-state index in [1.54, 1.807) is 0 Å². The van der Waals surface area contributed by atoms with Gasteiger partial charge in [-0.3, -0.25) is 10.7 Å². The fourth-order valence-corrected chi connectivity index (χ4v) is 1.39. The fourth-order valence-electron chi connectivity index (χ4n) is 1.39. The van der Waals surface area contributed by atoms with Crippen LogP contribution in [0.25, 0.3) is 0 Å². The average molecular weight is 158 g/mol. The lowest BCUT2D eigenvalue weighted by Gasteiger charge is -2.33. The van der Waals surface area contributed by atoms with Crippen LogP contribution >= 0.6 is 0 Å². The molecule has 0 amide bonds. The first-order valence-electron chi connectivity index (χ1n) is 4.25. The van der Waals surface area contributed by atoms with Gasteiger partial charge in [0.25, 0.3) is 0 Å². The SMILES string of the molecule is CCN1CCN(CNN)CC1. The van der Waals surface area contributed by atoms with E-state index >= 15 is 0 Å². The van der Waals surface area contributed by atoms with Crippen LogP contribution in [-0.4, -0.2) is 49.2 Å². The number of piperazine rings is 1. The number of hydrazine groups is 1. The van der Waals surface area contributed by atoms with Crippen LogP contribution in [0, 0.1) is 0 Å². The van der Waals surface area contributed by atoms with Gasteiger partial charge in [-0.25, -0.2) is 5.43 Å². The maximum absolute atomic E-state index is 5.22. The molecular formula is C7H18N4. The summed E-state index contributed by atoms with van der Waals surface area (Å²) in [5, 5.41) is 0. The molecule has 0 spiro atoms. The molecule has 1 fully saturated rings.